The monoisotopic (exact) mass is 237 g/mol. The van der Waals surface area contributed by atoms with Crippen molar-refractivity contribution in [2.75, 3.05) is 19.8 Å². The van der Waals surface area contributed by atoms with Crippen LogP contribution in [-0.2, 0) is 4.79 Å². The van der Waals surface area contributed by atoms with E-state index in [1.54, 1.807) is 16.7 Å². The van der Waals surface area contributed by atoms with Crippen LogP contribution < -0.4 is 0 Å². The average molecular weight is 237 g/mol. The van der Waals surface area contributed by atoms with Crippen molar-refractivity contribution >= 4 is 17.7 Å². The second-order valence-electron chi connectivity index (χ2n) is 4.20. The summed E-state index contributed by atoms with van der Waals surface area (Å²) in [5.41, 5.74) is 1.17. The summed E-state index contributed by atoms with van der Waals surface area (Å²) in [6, 6.07) is 7.65. The molecule has 2 unspecified atom stereocenters. The SMILES string of the molecule is CN(C)C(C(=O)O)C1CSc2ccccc21. The fraction of sp³-hybridized carbons (Fsp3) is 0.417. The summed E-state index contributed by atoms with van der Waals surface area (Å²) in [7, 11) is 3.65. The average Bonchev–Trinajstić information content (AvgIpc) is 2.61. The van der Waals surface area contributed by atoms with Crippen LogP contribution in [0.25, 0.3) is 0 Å². The van der Waals surface area contributed by atoms with Gasteiger partial charge >= 0.3 is 5.97 Å². The molecule has 0 aromatic heterocycles. The molecule has 16 heavy (non-hydrogen) atoms. The normalized spacial score (nSPS) is 20.8. The summed E-state index contributed by atoms with van der Waals surface area (Å²) in [6.45, 7) is 0. The van der Waals surface area contributed by atoms with Gasteiger partial charge in [-0.15, -0.1) is 11.8 Å². The number of carboxylic acids is 1. The number of fused-ring (bicyclic) bond motifs is 1. The lowest BCUT2D eigenvalue weighted by atomic mass is 9.93. The third-order valence-electron chi connectivity index (χ3n) is 2.93. The van der Waals surface area contributed by atoms with Gasteiger partial charge in [0.2, 0.25) is 0 Å². The van der Waals surface area contributed by atoms with Crippen molar-refractivity contribution in [3.05, 3.63) is 29.8 Å². The maximum absolute atomic E-state index is 11.3. The third kappa shape index (κ3) is 1.95. The standard InChI is InChI=1S/C12H15NO2S/c1-13(2)11(12(14)15)9-7-16-10-6-4-3-5-8(9)10/h3-6,9,11H,7H2,1-2H3,(H,14,15). The van der Waals surface area contributed by atoms with Gasteiger partial charge in [-0.2, -0.15) is 0 Å². The minimum atomic E-state index is -0.743. The molecule has 0 amide bonds. The van der Waals surface area contributed by atoms with E-state index in [4.69, 9.17) is 0 Å². The smallest absolute Gasteiger partial charge is 0.321 e. The van der Waals surface area contributed by atoms with E-state index in [0.29, 0.717) is 0 Å². The zero-order valence-electron chi connectivity index (χ0n) is 9.38. The van der Waals surface area contributed by atoms with Crippen LogP contribution in [0.5, 0.6) is 0 Å². The molecule has 2 rings (SSSR count). The Morgan fingerprint density at radius 3 is 2.81 bits per heavy atom. The first-order chi connectivity index (χ1) is 7.61. The minimum absolute atomic E-state index is 0.0914. The van der Waals surface area contributed by atoms with E-state index in [1.165, 1.54) is 10.5 Å². The number of aliphatic carboxylic acids is 1. The van der Waals surface area contributed by atoms with Gasteiger partial charge in [-0.05, 0) is 25.7 Å². The van der Waals surface area contributed by atoms with Crippen LogP contribution in [0.1, 0.15) is 11.5 Å². The van der Waals surface area contributed by atoms with Crippen LogP contribution in [0.15, 0.2) is 29.2 Å². The number of hydrogen-bond acceptors (Lipinski definition) is 3. The van der Waals surface area contributed by atoms with E-state index in [9.17, 15) is 9.90 Å². The van der Waals surface area contributed by atoms with Crippen LogP contribution >= 0.6 is 11.8 Å². The largest absolute Gasteiger partial charge is 0.480 e. The number of benzene rings is 1. The van der Waals surface area contributed by atoms with E-state index in [-0.39, 0.29) is 5.92 Å². The van der Waals surface area contributed by atoms with E-state index < -0.39 is 12.0 Å². The molecule has 0 bridgehead atoms. The van der Waals surface area contributed by atoms with E-state index >= 15 is 0 Å². The van der Waals surface area contributed by atoms with Crippen molar-refractivity contribution in [2.45, 2.75) is 16.9 Å². The van der Waals surface area contributed by atoms with Gasteiger partial charge in [-0.3, -0.25) is 9.69 Å². The molecule has 4 heteroatoms. The second-order valence-corrected chi connectivity index (χ2v) is 5.26. The molecule has 0 saturated carbocycles. The van der Waals surface area contributed by atoms with Gasteiger partial charge in [0.1, 0.15) is 6.04 Å². The molecule has 0 radical (unpaired) electrons. The molecule has 1 aliphatic heterocycles. The van der Waals surface area contributed by atoms with Gasteiger partial charge in [0.25, 0.3) is 0 Å². The number of hydrogen-bond donors (Lipinski definition) is 1. The topological polar surface area (TPSA) is 40.5 Å². The molecule has 0 fully saturated rings. The van der Waals surface area contributed by atoms with Crippen molar-refractivity contribution in [1.29, 1.82) is 0 Å². The number of nitrogens with zero attached hydrogens (tertiary/aromatic N) is 1. The summed E-state index contributed by atoms with van der Waals surface area (Å²) < 4.78 is 0. The maximum atomic E-state index is 11.3. The lowest BCUT2D eigenvalue weighted by Crippen LogP contribution is -2.40. The highest BCUT2D eigenvalue weighted by atomic mass is 32.2. The highest BCUT2D eigenvalue weighted by molar-refractivity contribution is 7.99. The molecular weight excluding hydrogens is 222 g/mol. The number of likely N-dealkylation sites (N-methyl/N-ethyl adjacent to an activating group) is 1. The number of carbonyl (C=O) groups is 1. The predicted molar refractivity (Wildman–Crippen MR) is 65.0 cm³/mol. The van der Waals surface area contributed by atoms with Gasteiger partial charge in [-0.1, -0.05) is 18.2 Å². The maximum Gasteiger partial charge on any atom is 0.321 e. The fourth-order valence-electron chi connectivity index (χ4n) is 2.20. The highest BCUT2D eigenvalue weighted by Crippen LogP contribution is 2.41. The molecule has 1 aliphatic rings. The molecular formula is C12H15NO2S. The summed E-state index contributed by atoms with van der Waals surface area (Å²) in [5.74, 6) is 0.204. The van der Waals surface area contributed by atoms with Gasteiger partial charge < -0.3 is 5.11 Å². The summed E-state index contributed by atoms with van der Waals surface area (Å²) in [4.78, 5) is 14.3. The van der Waals surface area contributed by atoms with Crippen molar-refractivity contribution in [1.82, 2.24) is 4.90 Å². The van der Waals surface area contributed by atoms with Crippen LogP contribution in [0, 0.1) is 0 Å². The summed E-state index contributed by atoms with van der Waals surface area (Å²) in [6.07, 6.45) is 0. The Labute approximate surface area is 99.5 Å². The Hall–Kier alpha value is -1.00. The van der Waals surface area contributed by atoms with Crippen molar-refractivity contribution < 1.29 is 9.90 Å². The molecule has 86 valence electrons. The first-order valence-electron chi connectivity index (χ1n) is 5.22. The van der Waals surface area contributed by atoms with Gasteiger partial charge in [0.15, 0.2) is 0 Å². The Morgan fingerprint density at radius 2 is 2.19 bits per heavy atom. The van der Waals surface area contributed by atoms with Crippen LogP contribution in [0.4, 0.5) is 0 Å². The molecule has 1 aromatic rings. The Morgan fingerprint density at radius 1 is 1.50 bits per heavy atom. The Kier molecular flexibility index (Phi) is 3.21. The second kappa shape index (κ2) is 4.47. The third-order valence-corrected chi connectivity index (χ3v) is 4.14. The molecule has 2 atom stereocenters. The van der Waals surface area contributed by atoms with Crippen molar-refractivity contribution in [3.8, 4) is 0 Å². The molecule has 1 heterocycles. The zero-order chi connectivity index (χ0) is 11.7. The minimum Gasteiger partial charge on any atom is -0.480 e. The molecule has 1 aromatic carbocycles. The highest BCUT2D eigenvalue weighted by Gasteiger charge is 2.35. The van der Waals surface area contributed by atoms with Crippen molar-refractivity contribution in [3.63, 3.8) is 0 Å². The lowest BCUT2D eigenvalue weighted by Gasteiger charge is -2.26. The van der Waals surface area contributed by atoms with Gasteiger partial charge in [0, 0.05) is 16.6 Å². The molecule has 0 aliphatic carbocycles. The number of thioether (sulfide) groups is 1. The Bertz CT molecular complexity index is 406. The molecule has 3 nitrogen and oxygen atoms in total. The van der Waals surface area contributed by atoms with Gasteiger partial charge in [-0.25, -0.2) is 0 Å². The van der Waals surface area contributed by atoms with Crippen molar-refractivity contribution in [2.24, 2.45) is 0 Å². The molecule has 0 saturated heterocycles. The number of carboxylic acid groups (broad SMARTS) is 1. The molecule has 0 spiro atoms. The van der Waals surface area contributed by atoms with E-state index in [1.807, 2.05) is 32.3 Å². The summed E-state index contributed by atoms with van der Waals surface area (Å²) >= 11 is 1.75. The van der Waals surface area contributed by atoms with Gasteiger partial charge in [0.05, 0.1) is 0 Å². The van der Waals surface area contributed by atoms with E-state index in [2.05, 4.69) is 6.07 Å². The predicted octanol–water partition coefficient (Wildman–Crippen LogP) is 1.89. The fourth-order valence-corrected chi connectivity index (χ4v) is 3.48. The quantitative estimate of drug-likeness (QED) is 0.871. The van der Waals surface area contributed by atoms with E-state index in [0.717, 1.165) is 5.75 Å². The Balaban J connectivity index is 2.33. The van der Waals surface area contributed by atoms with Crippen LogP contribution in [0.3, 0.4) is 0 Å². The molecule has 1 N–H and O–H groups in total. The summed E-state index contributed by atoms with van der Waals surface area (Å²) in [5, 5.41) is 9.28. The van der Waals surface area contributed by atoms with Crippen LogP contribution in [0.2, 0.25) is 0 Å². The number of rotatable bonds is 3. The first kappa shape index (κ1) is 11.5. The zero-order valence-corrected chi connectivity index (χ0v) is 10.2. The first-order valence-corrected chi connectivity index (χ1v) is 6.21. The lowest BCUT2D eigenvalue weighted by molar-refractivity contribution is -0.142. The van der Waals surface area contributed by atoms with Crippen LogP contribution in [-0.4, -0.2) is 41.9 Å².